The molecule has 0 bridgehead atoms. The van der Waals surface area contributed by atoms with E-state index in [0.29, 0.717) is 6.61 Å². The van der Waals surface area contributed by atoms with Gasteiger partial charge in [0.1, 0.15) is 6.33 Å². The van der Waals surface area contributed by atoms with E-state index >= 15 is 0 Å². The number of anilines is 1. The molecule has 22 heavy (non-hydrogen) atoms. The molecule has 1 N–H and O–H groups in total. The number of aliphatic hydroxyl groups is 1. The number of ether oxygens (including phenoxy) is 1. The fraction of sp³-hybridized carbons (Fsp3) is 0.667. The van der Waals surface area contributed by atoms with Crippen LogP contribution in [0.4, 0.5) is 5.82 Å². The summed E-state index contributed by atoms with van der Waals surface area (Å²) in [5, 5.41) is 18.4. The molecular formula is C15H21N5O2. The molecule has 4 rings (SSSR count). The van der Waals surface area contributed by atoms with Gasteiger partial charge in [-0.25, -0.2) is 4.98 Å². The van der Waals surface area contributed by atoms with Crippen molar-refractivity contribution < 1.29 is 9.84 Å². The molecule has 2 aliphatic rings. The van der Waals surface area contributed by atoms with Crippen molar-refractivity contribution >= 4 is 11.5 Å². The van der Waals surface area contributed by atoms with Crippen LogP contribution in [0, 0.1) is 5.41 Å². The van der Waals surface area contributed by atoms with E-state index in [1.165, 1.54) is 0 Å². The third kappa shape index (κ3) is 1.92. The van der Waals surface area contributed by atoms with Crippen LogP contribution in [0.5, 0.6) is 0 Å². The average Bonchev–Trinajstić information content (AvgIpc) is 3.03. The van der Waals surface area contributed by atoms with Crippen LogP contribution in [-0.4, -0.2) is 56.6 Å². The third-order valence-electron chi connectivity index (χ3n) is 5.30. The van der Waals surface area contributed by atoms with Crippen LogP contribution < -0.4 is 4.90 Å². The minimum absolute atomic E-state index is 0.0642. The Morgan fingerprint density at radius 1 is 1.41 bits per heavy atom. The number of aromatic nitrogens is 4. The Balaban J connectivity index is 1.53. The predicted molar refractivity (Wildman–Crippen MR) is 80.7 cm³/mol. The third-order valence-corrected chi connectivity index (χ3v) is 5.30. The molecule has 7 heteroatoms. The maximum atomic E-state index is 10.3. The van der Waals surface area contributed by atoms with Crippen LogP contribution >= 0.6 is 0 Å². The summed E-state index contributed by atoms with van der Waals surface area (Å²) in [7, 11) is 0. The van der Waals surface area contributed by atoms with Crippen LogP contribution in [0.1, 0.15) is 26.2 Å². The van der Waals surface area contributed by atoms with Gasteiger partial charge in [-0.05, 0) is 19.8 Å². The van der Waals surface area contributed by atoms with Gasteiger partial charge in [0.15, 0.2) is 5.82 Å². The van der Waals surface area contributed by atoms with Crippen LogP contribution in [-0.2, 0) is 4.74 Å². The maximum Gasteiger partial charge on any atom is 0.203 e. The second-order valence-corrected chi connectivity index (χ2v) is 6.23. The lowest BCUT2D eigenvalue weighted by Gasteiger charge is -2.56. The molecular weight excluding hydrogens is 282 g/mol. The Hall–Kier alpha value is -1.73. The van der Waals surface area contributed by atoms with Gasteiger partial charge in [0.05, 0.1) is 12.2 Å². The Morgan fingerprint density at radius 2 is 2.23 bits per heavy atom. The molecule has 118 valence electrons. The second-order valence-electron chi connectivity index (χ2n) is 6.23. The van der Waals surface area contributed by atoms with Gasteiger partial charge in [0, 0.05) is 43.9 Å². The smallest absolute Gasteiger partial charge is 0.203 e. The molecule has 2 aromatic rings. The lowest BCUT2D eigenvalue weighted by atomic mass is 9.58. The molecule has 0 radical (unpaired) electrons. The first-order chi connectivity index (χ1) is 10.7. The fourth-order valence-electron chi connectivity index (χ4n) is 3.92. The lowest BCUT2D eigenvalue weighted by Crippen LogP contribution is -2.62. The molecule has 2 unspecified atom stereocenters. The summed E-state index contributed by atoms with van der Waals surface area (Å²) in [5.74, 6) is 0.872. The number of piperidine rings is 1. The number of hydrogen-bond donors (Lipinski definition) is 1. The van der Waals surface area contributed by atoms with Crippen LogP contribution in [0.3, 0.4) is 0 Å². The number of nitrogens with zero attached hydrogens (tertiary/aromatic N) is 5. The molecule has 1 spiro atoms. The molecule has 3 heterocycles. The van der Waals surface area contributed by atoms with Gasteiger partial charge in [-0.15, -0.1) is 10.2 Å². The van der Waals surface area contributed by atoms with Crippen molar-refractivity contribution in [1.29, 1.82) is 0 Å². The molecule has 1 aliphatic heterocycles. The standard InChI is InChI=1S/C15H21N5O2/c1-2-22-12-9-11(21)15(12)3-6-19(7-4-15)13-14-18-17-10-20(14)8-5-16-13/h5,8,10-12,21H,2-4,6-7,9H2,1H3. The minimum atomic E-state index is -0.233. The molecule has 1 saturated carbocycles. The van der Waals surface area contributed by atoms with Crippen LogP contribution in [0.2, 0.25) is 0 Å². The van der Waals surface area contributed by atoms with Gasteiger partial charge >= 0.3 is 0 Å². The quantitative estimate of drug-likeness (QED) is 0.907. The zero-order valence-electron chi connectivity index (χ0n) is 12.7. The summed E-state index contributed by atoms with van der Waals surface area (Å²) in [6.45, 7) is 4.45. The van der Waals surface area contributed by atoms with Gasteiger partial charge in [0.25, 0.3) is 0 Å². The molecule has 2 aromatic heterocycles. The van der Waals surface area contributed by atoms with E-state index in [4.69, 9.17) is 4.74 Å². The van der Waals surface area contributed by atoms with Gasteiger partial charge in [0.2, 0.25) is 5.65 Å². The molecule has 2 atom stereocenters. The average molecular weight is 303 g/mol. The van der Waals surface area contributed by atoms with E-state index in [2.05, 4.69) is 20.1 Å². The maximum absolute atomic E-state index is 10.3. The zero-order chi connectivity index (χ0) is 15.2. The van der Waals surface area contributed by atoms with Gasteiger partial charge in [-0.1, -0.05) is 0 Å². The fourth-order valence-corrected chi connectivity index (χ4v) is 3.92. The summed E-state index contributed by atoms with van der Waals surface area (Å²) in [6.07, 6.45) is 7.90. The van der Waals surface area contributed by atoms with Gasteiger partial charge < -0.3 is 14.7 Å². The monoisotopic (exact) mass is 303 g/mol. The highest BCUT2D eigenvalue weighted by atomic mass is 16.5. The van der Waals surface area contributed by atoms with Crippen molar-refractivity contribution in [2.45, 2.75) is 38.4 Å². The molecule has 7 nitrogen and oxygen atoms in total. The van der Waals surface area contributed by atoms with Crippen molar-refractivity contribution in [3.8, 4) is 0 Å². The summed E-state index contributed by atoms with van der Waals surface area (Å²) in [6, 6.07) is 0. The van der Waals surface area contributed by atoms with Crippen LogP contribution in [0.15, 0.2) is 18.7 Å². The number of hydrogen-bond acceptors (Lipinski definition) is 6. The van der Waals surface area contributed by atoms with Crippen molar-refractivity contribution in [3.63, 3.8) is 0 Å². The first kappa shape index (κ1) is 13.9. The molecule has 0 aromatic carbocycles. The normalized spacial score (nSPS) is 27.3. The van der Waals surface area contributed by atoms with E-state index in [1.54, 1.807) is 12.5 Å². The Morgan fingerprint density at radius 3 is 2.95 bits per heavy atom. The first-order valence-electron chi connectivity index (χ1n) is 7.93. The van der Waals surface area contributed by atoms with Crippen molar-refractivity contribution in [1.82, 2.24) is 19.6 Å². The first-order valence-corrected chi connectivity index (χ1v) is 7.93. The van der Waals surface area contributed by atoms with Crippen LogP contribution in [0.25, 0.3) is 5.65 Å². The molecule has 1 saturated heterocycles. The van der Waals surface area contributed by atoms with E-state index in [0.717, 1.165) is 43.8 Å². The Bertz CT molecular complexity index is 663. The van der Waals surface area contributed by atoms with Crippen molar-refractivity contribution in [2.24, 2.45) is 5.41 Å². The summed E-state index contributed by atoms with van der Waals surface area (Å²) in [5.41, 5.74) is 0.722. The summed E-state index contributed by atoms with van der Waals surface area (Å²) in [4.78, 5) is 6.72. The number of rotatable bonds is 3. The lowest BCUT2D eigenvalue weighted by molar-refractivity contribution is -0.199. The van der Waals surface area contributed by atoms with E-state index in [9.17, 15) is 5.11 Å². The highest BCUT2D eigenvalue weighted by Gasteiger charge is 2.56. The molecule has 2 fully saturated rings. The summed E-state index contributed by atoms with van der Waals surface area (Å²) >= 11 is 0. The van der Waals surface area contributed by atoms with E-state index in [1.807, 2.05) is 17.5 Å². The van der Waals surface area contributed by atoms with Crippen molar-refractivity contribution in [2.75, 3.05) is 24.6 Å². The topological polar surface area (TPSA) is 75.8 Å². The molecule has 1 aliphatic carbocycles. The highest BCUT2D eigenvalue weighted by molar-refractivity contribution is 5.63. The SMILES string of the molecule is CCOC1CC(O)C12CCN(c1nccn3cnnc13)CC2. The Kier molecular flexibility index (Phi) is 3.27. The zero-order valence-corrected chi connectivity index (χ0v) is 12.7. The summed E-state index contributed by atoms with van der Waals surface area (Å²) < 4.78 is 7.70. The molecule has 0 amide bonds. The Labute approximate surface area is 128 Å². The minimum Gasteiger partial charge on any atom is -0.392 e. The van der Waals surface area contributed by atoms with E-state index in [-0.39, 0.29) is 17.6 Å². The highest BCUT2D eigenvalue weighted by Crippen LogP contribution is 2.51. The number of aliphatic hydroxyl groups excluding tert-OH is 1. The second kappa shape index (κ2) is 5.17. The number of fused-ring (bicyclic) bond motifs is 1. The van der Waals surface area contributed by atoms with Gasteiger partial charge in [-0.2, -0.15) is 0 Å². The van der Waals surface area contributed by atoms with E-state index < -0.39 is 0 Å². The van der Waals surface area contributed by atoms with Crippen molar-refractivity contribution in [3.05, 3.63) is 18.7 Å². The largest absolute Gasteiger partial charge is 0.392 e. The van der Waals surface area contributed by atoms with Gasteiger partial charge in [-0.3, -0.25) is 4.40 Å². The predicted octanol–water partition coefficient (Wildman–Crippen LogP) is 0.881.